The standard InChI is InChI=1S/C13H25N3O2/c1-13(2,3)14-8-7-11(17)15-10-5-6-12(18)16(4)9-10/h10,14H,5-9H2,1-4H3,(H,15,17). The quantitative estimate of drug-likeness (QED) is 0.769. The zero-order valence-corrected chi connectivity index (χ0v) is 11.9. The summed E-state index contributed by atoms with van der Waals surface area (Å²) in [5.41, 5.74) is 0.0394. The average molecular weight is 255 g/mol. The van der Waals surface area contributed by atoms with E-state index in [1.165, 1.54) is 0 Å². The molecule has 0 bridgehead atoms. The first-order valence-corrected chi connectivity index (χ1v) is 6.56. The Bertz CT molecular complexity index is 310. The van der Waals surface area contributed by atoms with Crippen LogP contribution in [0.1, 0.15) is 40.0 Å². The van der Waals surface area contributed by atoms with Crippen LogP contribution in [0, 0.1) is 0 Å². The summed E-state index contributed by atoms with van der Waals surface area (Å²) >= 11 is 0. The monoisotopic (exact) mass is 255 g/mol. The molecule has 2 N–H and O–H groups in total. The van der Waals surface area contributed by atoms with E-state index in [0.717, 1.165) is 6.42 Å². The maximum atomic E-state index is 11.7. The highest BCUT2D eigenvalue weighted by Crippen LogP contribution is 2.09. The van der Waals surface area contributed by atoms with Gasteiger partial charge in [0.1, 0.15) is 0 Å². The summed E-state index contributed by atoms with van der Waals surface area (Å²) in [5, 5.41) is 6.26. The van der Waals surface area contributed by atoms with Gasteiger partial charge in [-0.05, 0) is 27.2 Å². The molecule has 0 radical (unpaired) electrons. The number of carbonyl (C=O) groups excluding carboxylic acids is 2. The molecule has 2 amide bonds. The minimum Gasteiger partial charge on any atom is -0.352 e. The number of amides is 2. The van der Waals surface area contributed by atoms with E-state index < -0.39 is 0 Å². The molecule has 5 nitrogen and oxygen atoms in total. The number of hydrogen-bond acceptors (Lipinski definition) is 3. The number of likely N-dealkylation sites (tertiary alicyclic amines) is 1. The lowest BCUT2D eigenvalue weighted by Gasteiger charge is -2.30. The average Bonchev–Trinajstić information content (AvgIpc) is 2.21. The molecule has 1 aliphatic heterocycles. The van der Waals surface area contributed by atoms with Gasteiger partial charge in [0.05, 0.1) is 0 Å². The second-order valence-corrected chi connectivity index (χ2v) is 6.00. The molecule has 1 atom stereocenters. The normalized spacial score (nSPS) is 21.0. The third-order valence-corrected chi connectivity index (χ3v) is 3.00. The van der Waals surface area contributed by atoms with E-state index in [4.69, 9.17) is 0 Å². The van der Waals surface area contributed by atoms with Crippen LogP contribution in [0.5, 0.6) is 0 Å². The molecule has 5 heteroatoms. The molecule has 0 aliphatic carbocycles. The predicted molar refractivity (Wildman–Crippen MR) is 71.2 cm³/mol. The summed E-state index contributed by atoms with van der Waals surface area (Å²) in [6.07, 6.45) is 1.76. The number of hydrogen-bond donors (Lipinski definition) is 2. The summed E-state index contributed by atoms with van der Waals surface area (Å²) in [6.45, 7) is 7.53. The first-order valence-electron chi connectivity index (χ1n) is 6.56. The molecule has 0 aromatic heterocycles. The van der Waals surface area contributed by atoms with Gasteiger partial charge in [0.2, 0.25) is 11.8 Å². The van der Waals surface area contributed by atoms with Gasteiger partial charge in [-0.1, -0.05) is 0 Å². The summed E-state index contributed by atoms with van der Waals surface area (Å²) in [7, 11) is 1.78. The fraction of sp³-hybridized carbons (Fsp3) is 0.846. The van der Waals surface area contributed by atoms with Gasteiger partial charge in [0, 0.05) is 44.6 Å². The lowest BCUT2D eigenvalue weighted by atomic mass is 10.1. The third kappa shape index (κ3) is 5.49. The van der Waals surface area contributed by atoms with Gasteiger partial charge >= 0.3 is 0 Å². The highest BCUT2D eigenvalue weighted by atomic mass is 16.2. The number of piperidine rings is 1. The van der Waals surface area contributed by atoms with Crippen LogP contribution in [0.25, 0.3) is 0 Å². The smallest absolute Gasteiger partial charge is 0.222 e. The molecule has 18 heavy (non-hydrogen) atoms. The second kappa shape index (κ2) is 6.18. The lowest BCUT2D eigenvalue weighted by molar-refractivity contribution is -0.134. The molecule has 1 saturated heterocycles. The van der Waals surface area contributed by atoms with Crippen LogP contribution in [0.15, 0.2) is 0 Å². The molecule has 0 saturated carbocycles. The minimum absolute atomic E-state index is 0.0394. The van der Waals surface area contributed by atoms with Crippen LogP contribution < -0.4 is 10.6 Å². The number of nitrogens with zero attached hydrogens (tertiary/aromatic N) is 1. The van der Waals surface area contributed by atoms with Crippen LogP contribution in [0.3, 0.4) is 0 Å². The third-order valence-electron chi connectivity index (χ3n) is 3.00. The van der Waals surface area contributed by atoms with E-state index in [1.807, 2.05) is 0 Å². The lowest BCUT2D eigenvalue weighted by Crippen LogP contribution is -2.49. The Labute approximate surface area is 109 Å². The molecule has 1 aliphatic rings. The van der Waals surface area contributed by atoms with Gasteiger partial charge in [0.25, 0.3) is 0 Å². The van der Waals surface area contributed by atoms with Crippen molar-refractivity contribution < 1.29 is 9.59 Å². The minimum atomic E-state index is 0.0394. The predicted octanol–water partition coefficient (Wildman–Crippen LogP) is 0.502. The maximum Gasteiger partial charge on any atom is 0.222 e. The SMILES string of the molecule is CN1CC(NC(=O)CCNC(C)(C)C)CCC1=O. The zero-order chi connectivity index (χ0) is 13.8. The van der Waals surface area contributed by atoms with E-state index in [2.05, 4.69) is 31.4 Å². The fourth-order valence-corrected chi connectivity index (χ4v) is 1.98. The Morgan fingerprint density at radius 3 is 2.67 bits per heavy atom. The summed E-state index contributed by atoms with van der Waals surface area (Å²) in [6, 6.07) is 0.106. The summed E-state index contributed by atoms with van der Waals surface area (Å²) in [4.78, 5) is 24.7. The van der Waals surface area contributed by atoms with Crippen LogP contribution >= 0.6 is 0 Å². The van der Waals surface area contributed by atoms with Crippen LogP contribution in [0.2, 0.25) is 0 Å². The van der Waals surface area contributed by atoms with Gasteiger partial charge in [-0.3, -0.25) is 9.59 Å². The van der Waals surface area contributed by atoms with Crippen molar-refractivity contribution in [3.8, 4) is 0 Å². The second-order valence-electron chi connectivity index (χ2n) is 6.00. The van der Waals surface area contributed by atoms with E-state index in [-0.39, 0.29) is 23.4 Å². The summed E-state index contributed by atoms with van der Waals surface area (Å²) < 4.78 is 0. The van der Waals surface area contributed by atoms with Crippen molar-refractivity contribution in [2.45, 2.75) is 51.6 Å². The fourth-order valence-electron chi connectivity index (χ4n) is 1.98. The van der Waals surface area contributed by atoms with Gasteiger partial charge < -0.3 is 15.5 Å². The molecule has 0 spiro atoms. The van der Waals surface area contributed by atoms with Crippen molar-refractivity contribution in [3.05, 3.63) is 0 Å². The first kappa shape index (κ1) is 15.0. The molecule has 1 fully saturated rings. The van der Waals surface area contributed by atoms with Gasteiger partial charge in [-0.2, -0.15) is 0 Å². The van der Waals surface area contributed by atoms with E-state index in [9.17, 15) is 9.59 Å². The molecule has 0 aromatic rings. The van der Waals surface area contributed by atoms with Crippen molar-refractivity contribution in [1.82, 2.24) is 15.5 Å². The first-order chi connectivity index (χ1) is 8.28. The number of nitrogens with one attached hydrogen (secondary N) is 2. The van der Waals surface area contributed by atoms with Crippen molar-refractivity contribution in [3.63, 3.8) is 0 Å². The topological polar surface area (TPSA) is 61.4 Å². The van der Waals surface area contributed by atoms with Crippen molar-refractivity contribution in [2.24, 2.45) is 0 Å². The molecule has 1 rings (SSSR count). The zero-order valence-electron chi connectivity index (χ0n) is 11.9. The van der Waals surface area contributed by atoms with Crippen LogP contribution in [-0.2, 0) is 9.59 Å². The Morgan fingerprint density at radius 2 is 2.11 bits per heavy atom. The van der Waals surface area contributed by atoms with Crippen molar-refractivity contribution in [1.29, 1.82) is 0 Å². The Hall–Kier alpha value is -1.10. The van der Waals surface area contributed by atoms with E-state index in [1.54, 1.807) is 11.9 Å². The Balaban J connectivity index is 2.22. The Morgan fingerprint density at radius 1 is 1.44 bits per heavy atom. The van der Waals surface area contributed by atoms with Crippen molar-refractivity contribution in [2.75, 3.05) is 20.1 Å². The number of rotatable bonds is 4. The van der Waals surface area contributed by atoms with Crippen LogP contribution in [0.4, 0.5) is 0 Å². The number of likely N-dealkylation sites (N-methyl/N-ethyl adjacent to an activating group) is 1. The van der Waals surface area contributed by atoms with Gasteiger partial charge in [0.15, 0.2) is 0 Å². The molecule has 104 valence electrons. The molecular formula is C13H25N3O2. The van der Waals surface area contributed by atoms with E-state index >= 15 is 0 Å². The molecule has 1 unspecified atom stereocenters. The molecule has 0 aromatic carbocycles. The highest BCUT2D eigenvalue weighted by molar-refractivity contribution is 5.79. The van der Waals surface area contributed by atoms with Crippen LogP contribution in [-0.4, -0.2) is 48.4 Å². The highest BCUT2D eigenvalue weighted by Gasteiger charge is 2.23. The summed E-state index contributed by atoms with van der Waals surface area (Å²) in [5.74, 6) is 0.217. The Kier molecular flexibility index (Phi) is 5.14. The van der Waals surface area contributed by atoms with E-state index in [0.29, 0.717) is 25.9 Å². The largest absolute Gasteiger partial charge is 0.352 e. The molecule has 1 heterocycles. The van der Waals surface area contributed by atoms with Gasteiger partial charge in [-0.15, -0.1) is 0 Å². The molecular weight excluding hydrogens is 230 g/mol. The van der Waals surface area contributed by atoms with Gasteiger partial charge in [-0.25, -0.2) is 0 Å². The van der Waals surface area contributed by atoms with Crippen molar-refractivity contribution >= 4 is 11.8 Å². The maximum absolute atomic E-state index is 11.7. The number of carbonyl (C=O) groups is 2.